The van der Waals surface area contributed by atoms with Gasteiger partial charge in [-0.25, -0.2) is 9.59 Å². The standard InChI is InChI=1S/C36H54N4O8/c1-21-15-25(41)16-22(2)27(21)19-29(39-33(45)47-35(5,6)7)31(43)37-13-11-12-14-38-32(44)30(40-34(46)48-36(8,9)10)20-28-23(3)17-26(42)18-24(28)4/h15-18,29-30,41-42H,11-14,19-20H2,1-10H3,(H,37,43)(H,38,44)(H,39,45)(H,40,46)/t29-,30-/m0/s1. The molecule has 0 spiro atoms. The van der Waals surface area contributed by atoms with Gasteiger partial charge in [-0.15, -0.1) is 0 Å². The van der Waals surface area contributed by atoms with Crippen molar-refractivity contribution >= 4 is 24.0 Å². The third-order valence-corrected chi connectivity index (χ3v) is 7.40. The SMILES string of the molecule is Cc1cc(O)cc(C)c1C[C@H](NC(=O)OC(C)(C)C)C(=O)NCCCCNC(=O)[C@H](Cc1c(C)cc(O)cc1C)NC(=O)OC(C)(C)C. The molecule has 6 N–H and O–H groups in total. The lowest BCUT2D eigenvalue weighted by atomic mass is 9.95. The van der Waals surface area contributed by atoms with Crippen LogP contribution in [-0.2, 0) is 31.9 Å². The number of phenols is 2. The largest absolute Gasteiger partial charge is 0.508 e. The zero-order valence-electron chi connectivity index (χ0n) is 30.1. The van der Waals surface area contributed by atoms with Gasteiger partial charge in [-0.05, 0) is 140 Å². The van der Waals surface area contributed by atoms with Crippen LogP contribution in [0.3, 0.4) is 0 Å². The van der Waals surface area contributed by atoms with E-state index in [9.17, 15) is 29.4 Å². The van der Waals surface area contributed by atoms with Crippen LogP contribution in [0.4, 0.5) is 9.59 Å². The summed E-state index contributed by atoms with van der Waals surface area (Å²) in [4.78, 5) is 51.7. The number of amides is 4. The molecule has 0 aliphatic rings. The molecule has 12 heteroatoms. The number of aromatic hydroxyl groups is 2. The molecule has 12 nitrogen and oxygen atoms in total. The summed E-state index contributed by atoms with van der Waals surface area (Å²) in [6, 6.07) is 4.60. The predicted octanol–water partition coefficient (Wildman–Crippen LogP) is 4.92. The number of unbranched alkanes of at least 4 members (excludes halogenated alkanes) is 1. The minimum Gasteiger partial charge on any atom is -0.508 e. The molecule has 0 radical (unpaired) electrons. The third-order valence-electron chi connectivity index (χ3n) is 7.40. The number of carbonyl (C=O) groups is 4. The summed E-state index contributed by atoms with van der Waals surface area (Å²) < 4.78 is 10.8. The van der Waals surface area contributed by atoms with E-state index < -0.39 is 47.3 Å². The maximum absolute atomic E-state index is 13.3. The van der Waals surface area contributed by atoms with Crippen LogP contribution in [0.2, 0.25) is 0 Å². The van der Waals surface area contributed by atoms with E-state index >= 15 is 0 Å². The number of alkyl carbamates (subject to hydrolysis) is 2. The van der Waals surface area contributed by atoms with Gasteiger partial charge in [0.05, 0.1) is 0 Å². The maximum Gasteiger partial charge on any atom is 0.408 e. The van der Waals surface area contributed by atoms with E-state index in [1.807, 2.05) is 27.7 Å². The minimum atomic E-state index is -0.923. The second kappa shape index (κ2) is 17.1. The summed E-state index contributed by atoms with van der Waals surface area (Å²) in [6.45, 7) is 18.3. The second-order valence-electron chi connectivity index (χ2n) is 14.2. The fourth-order valence-corrected chi connectivity index (χ4v) is 5.23. The monoisotopic (exact) mass is 670 g/mol. The Bertz CT molecular complexity index is 1300. The quantitative estimate of drug-likeness (QED) is 0.163. The van der Waals surface area contributed by atoms with Crippen LogP contribution in [0.5, 0.6) is 11.5 Å². The van der Waals surface area contributed by atoms with Crippen molar-refractivity contribution in [2.24, 2.45) is 0 Å². The maximum atomic E-state index is 13.3. The molecule has 2 aromatic carbocycles. The number of nitrogens with one attached hydrogen (secondary N) is 4. The Morgan fingerprint density at radius 1 is 0.604 bits per heavy atom. The van der Waals surface area contributed by atoms with Crippen molar-refractivity contribution < 1.29 is 38.9 Å². The molecule has 266 valence electrons. The minimum absolute atomic E-state index is 0.125. The summed E-state index contributed by atoms with van der Waals surface area (Å²) in [5, 5.41) is 31.0. The molecule has 0 bridgehead atoms. The van der Waals surface area contributed by atoms with Gasteiger partial charge >= 0.3 is 12.2 Å². The van der Waals surface area contributed by atoms with Gasteiger partial charge in [0.1, 0.15) is 34.8 Å². The lowest BCUT2D eigenvalue weighted by molar-refractivity contribution is -0.124. The Morgan fingerprint density at radius 3 is 1.17 bits per heavy atom. The molecule has 2 rings (SSSR count). The Balaban J connectivity index is 2.01. The molecule has 0 fully saturated rings. The number of ether oxygens (including phenoxy) is 2. The number of aryl methyl sites for hydroxylation is 4. The second-order valence-corrected chi connectivity index (χ2v) is 14.2. The summed E-state index contributed by atoms with van der Waals surface area (Å²) in [7, 11) is 0. The van der Waals surface area contributed by atoms with Gasteiger partial charge in [0.15, 0.2) is 0 Å². The molecule has 0 saturated carbocycles. The highest BCUT2D eigenvalue weighted by Crippen LogP contribution is 2.23. The Kier molecular flexibility index (Phi) is 14.1. The van der Waals surface area contributed by atoms with Gasteiger partial charge in [-0.3, -0.25) is 9.59 Å². The fraction of sp³-hybridized carbons (Fsp3) is 0.556. The number of rotatable bonds is 13. The van der Waals surface area contributed by atoms with E-state index in [0.717, 1.165) is 33.4 Å². The van der Waals surface area contributed by atoms with Crippen molar-refractivity contribution in [3.8, 4) is 11.5 Å². The molecule has 4 amide bonds. The summed E-state index contributed by atoms with van der Waals surface area (Å²) in [6.07, 6.45) is 0.0280. The van der Waals surface area contributed by atoms with Crippen LogP contribution in [0.15, 0.2) is 24.3 Å². The van der Waals surface area contributed by atoms with Crippen LogP contribution in [0, 0.1) is 27.7 Å². The smallest absolute Gasteiger partial charge is 0.408 e. The summed E-state index contributed by atoms with van der Waals surface area (Å²) in [5.74, 6) is -0.532. The first-order valence-corrected chi connectivity index (χ1v) is 16.3. The zero-order valence-corrected chi connectivity index (χ0v) is 30.1. The van der Waals surface area contributed by atoms with E-state index in [0.29, 0.717) is 25.9 Å². The van der Waals surface area contributed by atoms with Gasteiger partial charge in [-0.2, -0.15) is 0 Å². The van der Waals surface area contributed by atoms with Gasteiger partial charge in [-0.1, -0.05) is 0 Å². The third kappa shape index (κ3) is 13.7. The molecule has 48 heavy (non-hydrogen) atoms. The Morgan fingerprint density at radius 2 is 0.896 bits per heavy atom. The molecule has 0 aromatic heterocycles. The van der Waals surface area contributed by atoms with Crippen LogP contribution in [0.1, 0.15) is 87.8 Å². The molecule has 2 aromatic rings. The molecule has 0 aliphatic carbocycles. The molecular weight excluding hydrogens is 616 g/mol. The van der Waals surface area contributed by atoms with Gasteiger partial charge in [0.2, 0.25) is 11.8 Å². The Hall–Kier alpha value is -4.48. The average molecular weight is 671 g/mol. The van der Waals surface area contributed by atoms with E-state index in [-0.39, 0.29) is 24.3 Å². The van der Waals surface area contributed by atoms with Crippen LogP contribution in [0.25, 0.3) is 0 Å². The molecule has 0 heterocycles. The average Bonchev–Trinajstić information content (AvgIpc) is 2.90. The number of hydrogen-bond donors (Lipinski definition) is 6. The molecule has 0 aliphatic heterocycles. The lowest BCUT2D eigenvalue weighted by Crippen LogP contribution is -2.50. The van der Waals surface area contributed by atoms with Gasteiger partial charge in [0, 0.05) is 25.9 Å². The van der Waals surface area contributed by atoms with Crippen molar-refractivity contribution in [3.05, 3.63) is 57.6 Å². The number of benzene rings is 2. The highest BCUT2D eigenvalue weighted by atomic mass is 16.6. The number of carbonyl (C=O) groups excluding carboxylic acids is 4. The zero-order chi connectivity index (χ0) is 36.4. The van der Waals surface area contributed by atoms with Crippen LogP contribution >= 0.6 is 0 Å². The van der Waals surface area contributed by atoms with Crippen molar-refractivity contribution in [1.29, 1.82) is 0 Å². The first-order valence-electron chi connectivity index (χ1n) is 16.3. The molecule has 2 atom stereocenters. The number of hydrogen-bond acceptors (Lipinski definition) is 8. The first kappa shape index (κ1) is 39.7. The Labute approximate surface area is 284 Å². The molecular formula is C36H54N4O8. The first-order chi connectivity index (χ1) is 22.1. The topological polar surface area (TPSA) is 175 Å². The van der Waals surface area contributed by atoms with Crippen molar-refractivity contribution in [3.63, 3.8) is 0 Å². The summed E-state index contributed by atoms with van der Waals surface area (Å²) in [5.41, 5.74) is 3.35. The van der Waals surface area contributed by atoms with Crippen LogP contribution in [-0.4, -0.2) is 70.6 Å². The predicted molar refractivity (Wildman–Crippen MR) is 184 cm³/mol. The highest BCUT2D eigenvalue weighted by molar-refractivity contribution is 5.87. The van der Waals surface area contributed by atoms with Gasteiger partial charge < -0.3 is 41.0 Å². The van der Waals surface area contributed by atoms with Gasteiger partial charge in [0.25, 0.3) is 0 Å². The van der Waals surface area contributed by atoms with E-state index in [4.69, 9.17) is 9.47 Å². The van der Waals surface area contributed by atoms with Crippen LogP contribution < -0.4 is 21.3 Å². The normalized spacial score (nSPS) is 12.8. The molecule has 0 saturated heterocycles. The lowest BCUT2D eigenvalue weighted by Gasteiger charge is -2.24. The summed E-state index contributed by atoms with van der Waals surface area (Å²) >= 11 is 0. The highest BCUT2D eigenvalue weighted by Gasteiger charge is 2.27. The van der Waals surface area contributed by atoms with E-state index in [1.165, 1.54) is 0 Å². The number of phenolic OH excluding ortho intramolecular Hbond substituents is 2. The van der Waals surface area contributed by atoms with E-state index in [1.54, 1.807) is 65.8 Å². The van der Waals surface area contributed by atoms with Crippen molar-refractivity contribution in [1.82, 2.24) is 21.3 Å². The van der Waals surface area contributed by atoms with Crippen molar-refractivity contribution in [2.75, 3.05) is 13.1 Å². The fourth-order valence-electron chi connectivity index (χ4n) is 5.23. The molecule has 0 unspecified atom stereocenters. The van der Waals surface area contributed by atoms with E-state index in [2.05, 4.69) is 21.3 Å². The van der Waals surface area contributed by atoms with Crippen molar-refractivity contribution in [2.45, 2.75) is 118 Å².